The molecular weight excluding hydrogens is 393 g/mol. The molecule has 0 unspecified atom stereocenters. The summed E-state index contributed by atoms with van der Waals surface area (Å²) < 4.78 is 15.8. The Morgan fingerprint density at radius 1 is 1.14 bits per heavy atom. The van der Waals surface area contributed by atoms with Gasteiger partial charge < -0.3 is 10.3 Å². The largest absolute Gasteiger partial charge is 0.368 e. The van der Waals surface area contributed by atoms with E-state index in [1.807, 2.05) is 22.7 Å². The van der Waals surface area contributed by atoms with E-state index >= 15 is 0 Å². The number of imidazole rings is 2. The molecule has 5 aromatic rings. The van der Waals surface area contributed by atoms with E-state index in [9.17, 15) is 4.39 Å². The summed E-state index contributed by atoms with van der Waals surface area (Å²) in [4.78, 5) is 19.9. The third-order valence-electron chi connectivity index (χ3n) is 4.71. The van der Waals surface area contributed by atoms with Crippen LogP contribution in [-0.2, 0) is 6.42 Å². The first kappa shape index (κ1) is 17.6. The zero-order chi connectivity index (χ0) is 19.8. The lowest BCUT2D eigenvalue weighted by Crippen LogP contribution is -2.09. The van der Waals surface area contributed by atoms with Crippen molar-refractivity contribution in [2.75, 3.05) is 11.9 Å². The van der Waals surface area contributed by atoms with E-state index in [0.29, 0.717) is 35.1 Å². The molecule has 0 saturated carbocycles. The fourth-order valence-corrected chi connectivity index (χ4v) is 3.74. The smallest absolute Gasteiger partial charge is 0.182 e. The van der Waals surface area contributed by atoms with Gasteiger partial charge in [-0.3, -0.25) is 4.40 Å². The second-order valence-electron chi connectivity index (χ2n) is 6.50. The van der Waals surface area contributed by atoms with Crippen molar-refractivity contribution >= 4 is 34.2 Å². The Hall–Kier alpha value is -3.52. The second-order valence-corrected chi connectivity index (χ2v) is 6.90. The molecule has 0 spiro atoms. The molecule has 5 rings (SSSR count). The number of pyridine rings is 1. The number of H-pyrrole nitrogens is 1. The molecule has 4 heterocycles. The lowest BCUT2D eigenvalue weighted by molar-refractivity contribution is 0.628. The number of nitrogens with one attached hydrogen (secondary N) is 2. The average molecular weight is 408 g/mol. The Bertz CT molecular complexity index is 1330. The van der Waals surface area contributed by atoms with Crippen LogP contribution in [0.25, 0.3) is 28.1 Å². The Morgan fingerprint density at radius 2 is 2.07 bits per heavy atom. The highest BCUT2D eigenvalue weighted by Crippen LogP contribution is 2.30. The van der Waals surface area contributed by atoms with Crippen molar-refractivity contribution in [1.82, 2.24) is 29.3 Å². The average Bonchev–Trinajstić information content (AvgIpc) is 3.38. The van der Waals surface area contributed by atoms with Crippen LogP contribution in [0.5, 0.6) is 0 Å². The van der Waals surface area contributed by atoms with Crippen LogP contribution in [0.1, 0.15) is 5.56 Å². The van der Waals surface area contributed by atoms with Gasteiger partial charge in [0.25, 0.3) is 0 Å². The maximum absolute atomic E-state index is 13.9. The molecule has 144 valence electrons. The minimum Gasteiger partial charge on any atom is -0.368 e. The molecule has 7 nitrogen and oxygen atoms in total. The Labute approximate surface area is 169 Å². The van der Waals surface area contributed by atoms with E-state index in [0.717, 1.165) is 22.3 Å². The molecule has 0 bridgehead atoms. The van der Waals surface area contributed by atoms with Gasteiger partial charge in [-0.15, -0.1) is 0 Å². The summed E-state index contributed by atoms with van der Waals surface area (Å²) in [5.41, 5.74) is 4.58. The van der Waals surface area contributed by atoms with Crippen molar-refractivity contribution in [2.24, 2.45) is 0 Å². The highest BCUT2D eigenvalue weighted by Gasteiger charge is 2.15. The summed E-state index contributed by atoms with van der Waals surface area (Å²) in [6.07, 6.45) is 7.20. The molecule has 0 radical (unpaired) electrons. The van der Waals surface area contributed by atoms with Crippen LogP contribution >= 0.6 is 11.6 Å². The highest BCUT2D eigenvalue weighted by molar-refractivity contribution is 6.33. The lowest BCUT2D eigenvalue weighted by Gasteiger charge is -2.15. The normalized spacial score (nSPS) is 11.4. The molecule has 0 fully saturated rings. The highest BCUT2D eigenvalue weighted by atomic mass is 35.5. The fourth-order valence-electron chi connectivity index (χ4n) is 3.47. The van der Waals surface area contributed by atoms with Gasteiger partial charge in [-0.2, -0.15) is 0 Å². The standard InChI is InChI=1S/C20H15ClFN7/c21-15-9-13(4-5-23-18-16-19(26-10-25-16)28-11-27-18)17(29-7-6-24-20(15)29)12-2-1-3-14(22)8-12/h1-3,6-11H,4-5H2,(H2,23,25,26,27,28). The van der Waals surface area contributed by atoms with Crippen molar-refractivity contribution < 1.29 is 4.39 Å². The van der Waals surface area contributed by atoms with Crippen molar-refractivity contribution in [1.29, 1.82) is 0 Å². The number of aromatic amines is 1. The number of rotatable bonds is 5. The van der Waals surface area contributed by atoms with Crippen molar-refractivity contribution in [2.45, 2.75) is 6.42 Å². The molecule has 9 heteroatoms. The van der Waals surface area contributed by atoms with Crippen molar-refractivity contribution in [3.63, 3.8) is 0 Å². The summed E-state index contributed by atoms with van der Waals surface area (Å²) >= 11 is 6.44. The Balaban J connectivity index is 1.51. The summed E-state index contributed by atoms with van der Waals surface area (Å²) in [5.74, 6) is 0.382. The van der Waals surface area contributed by atoms with Gasteiger partial charge >= 0.3 is 0 Å². The van der Waals surface area contributed by atoms with Crippen LogP contribution in [0.15, 0.2) is 55.4 Å². The predicted octanol–water partition coefficient (Wildman–Crippen LogP) is 4.11. The summed E-state index contributed by atoms with van der Waals surface area (Å²) in [6, 6.07) is 8.40. The van der Waals surface area contributed by atoms with Crippen LogP contribution in [0, 0.1) is 5.82 Å². The van der Waals surface area contributed by atoms with E-state index in [2.05, 4.69) is 30.2 Å². The minimum absolute atomic E-state index is 0.294. The number of benzene rings is 1. The van der Waals surface area contributed by atoms with Gasteiger partial charge in [0.1, 0.15) is 17.7 Å². The number of aromatic nitrogens is 6. The maximum Gasteiger partial charge on any atom is 0.182 e. The van der Waals surface area contributed by atoms with E-state index in [4.69, 9.17) is 11.6 Å². The molecule has 0 aliphatic heterocycles. The third-order valence-corrected chi connectivity index (χ3v) is 4.99. The first-order valence-corrected chi connectivity index (χ1v) is 9.37. The summed E-state index contributed by atoms with van der Waals surface area (Å²) in [7, 11) is 0. The lowest BCUT2D eigenvalue weighted by atomic mass is 10.0. The van der Waals surface area contributed by atoms with Crippen molar-refractivity contribution in [3.8, 4) is 11.3 Å². The van der Waals surface area contributed by atoms with Gasteiger partial charge in [-0.1, -0.05) is 23.7 Å². The molecule has 0 saturated heterocycles. The van der Waals surface area contributed by atoms with Gasteiger partial charge in [-0.05, 0) is 30.2 Å². The van der Waals surface area contributed by atoms with Crippen LogP contribution in [-0.4, -0.2) is 35.9 Å². The summed E-state index contributed by atoms with van der Waals surface area (Å²) in [5, 5.41) is 3.85. The van der Waals surface area contributed by atoms with E-state index in [-0.39, 0.29) is 5.82 Å². The summed E-state index contributed by atoms with van der Waals surface area (Å²) in [6.45, 7) is 0.587. The van der Waals surface area contributed by atoms with Crippen molar-refractivity contribution in [3.05, 3.63) is 71.8 Å². The molecule has 0 aliphatic carbocycles. The molecule has 0 aliphatic rings. The number of fused-ring (bicyclic) bond motifs is 2. The van der Waals surface area contributed by atoms with E-state index < -0.39 is 0 Å². The first-order chi connectivity index (χ1) is 14.2. The number of hydrogen-bond acceptors (Lipinski definition) is 5. The Kier molecular flexibility index (Phi) is 4.33. The number of nitrogens with zero attached hydrogens (tertiary/aromatic N) is 5. The molecule has 0 atom stereocenters. The van der Waals surface area contributed by atoms with Gasteiger partial charge in [0, 0.05) is 24.5 Å². The molecular formula is C20H15ClFN7. The SMILES string of the molecule is Fc1cccc(-c2c(CCNc3ncnc4nc[nH]c34)cc(Cl)c3nccn23)c1. The van der Waals surface area contributed by atoms with Gasteiger partial charge in [0.15, 0.2) is 17.1 Å². The number of halogens is 2. The quantitative estimate of drug-likeness (QED) is 0.458. The van der Waals surface area contributed by atoms with Gasteiger partial charge in [0.05, 0.1) is 17.0 Å². The zero-order valence-electron chi connectivity index (χ0n) is 15.1. The van der Waals surface area contributed by atoms with Crippen LogP contribution < -0.4 is 5.32 Å². The third kappa shape index (κ3) is 3.17. The zero-order valence-corrected chi connectivity index (χ0v) is 15.9. The van der Waals surface area contributed by atoms with Gasteiger partial charge in [-0.25, -0.2) is 24.3 Å². The van der Waals surface area contributed by atoms with Crippen LogP contribution in [0.2, 0.25) is 5.02 Å². The molecule has 0 amide bonds. The van der Waals surface area contributed by atoms with Crippen LogP contribution in [0.3, 0.4) is 0 Å². The number of anilines is 1. The topological polar surface area (TPSA) is 83.8 Å². The molecule has 29 heavy (non-hydrogen) atoms. The second kappa shape index (κ2) is 7.14. The monoisotopic (exact) mass is 407 g/mol. The molecule has 4 aromatic heterocycles. The maximum atomic E-state index is 13.9. The van der Waals surface area contributed by atoms with Crippen LogP contribution in [0.4, 0.5) is 10.2 Å². The number of hydrogen-bond donors (Lipinski definition) is 2. The minimum atomic E-state index is -0.294. The Morgan fingerprint density at radius 3 is 2.97 bits per heavy atom. The van der Waals surface area contributed by atoms with Gasteiger partial charge in [0.2, 0.25) is 0 Å². The fraction of sp³-hybridized carbons (Fsp3) is 0.100. The molecule has 1 aromatic carbocycles. The predicted molar refractivity (Wildman–Crippen MR) is 109 cm³/mol. The first-order valence-electron chi connectivity index (χ1n) is 8.99. The van der Waals surface area contributed by atoms with E-state index in [1.165, 1.54) is 18.5 Å². The van der Waals surface area contributed by atoms with E-state index in [1.54, 1.807) is 18.6 Å². The molecule has 2 N–H and O–H groups in total.